The SMILES string of the molecule is CCOC(=O)[C@@H](OC(C)(C)C)c1c(CBr)cc2ccccc2c1-c1ccc(Cl)cc1. The normalized spacial score (nSPS) is 12.7. The first-order valence-corrected chi connectivity index (χ1v) is 11.5. The van der Waals surface area contributed by atoms with E-state index in [2.05, 4.69) is 34.1 Å². The average molecular weight is 490 g/mol. The Morgan fingerprint density at radius 1 is 1.10 bits per heavy atom. The molecule has 3 aromatic carbocycles. The van der Waals surface area contributed by atoms with Crippen LogP contribution in [0.5, 0.6) is 0 Å². The fraction of sp³-hybridized carbons (Fsp3) is 0.320. The largest absolute Gasteiger partial charge is 0.464 e. The van der Waals surface area contributed by atoms with Crippen LogP contribution in [0, 0.1) is 0 Å². The van der Waals surface area contributed by atoms with Crippen LogP contribution in [-0.2, 0) is 19.6 Å². The zero-order valence-electron chi connectivity index (χ0n) is 17.7. The average Bonchev–Trinajstić information content (AvgIpc) is 2.71. The molecule has 5 heteroatoms. The van der Waals surface area contributed by atoms with Gasteiger partial charge in [0.1, 0.15) is 0 Å². The van der Waals surface area contributed by atoms with Crippen LogP contribution in [0.3, 0.4) is 0 Å². The quantitative estimate of drug-likeness (QED) is 0.266. The van der Waals surface area contributed by atoms with Gasteiger partial charge in [-0.15, -0.1) is 0 Å². The van der Waals surface area contributed by atoms with Gasteiger partial charge in [0.05, 0.1) is 12.2 Å². The number of hydrogen-bond donors (Lipinski definition) is 0. The van der Waals surface area contributed by atoms with Crippen LogP contribution in [0.25, 0.3) is 21.9 Å². The summed E-state index contributed by atoms with van der Waals surface area (Å²) in [5.41, 5.74) is 3.20. The third kappa shape index (κ3) is 5.05. The molecule has 0 aromatic heterocycles. The molecule has 0 bridgehead atoms. The Kier molecular flexibility index (Phi) is 7.22. The van der Waals surface area contributed by atoms with Gasteiger partial charge in [0, 0.05) is 15.9 Å². The minimum absolute atomic E-state index is 0.288. The van der Waals surface area contributed by atoms with Crippen molar-refractivity contribution in [2.75, 3.05) is 6.61 Å². The Hall–Kier alpha value is -1.88. The van der Waals surface area contributed by atoms with E-state index in [1.54, 1.807) is 6.92 Å². The molecule has 158 valence electrons. The molecular weight excluding hydrogens is 464 g/mol. The number of halogens is 2. The molecular formula is C25H26BrClO3. The summed E-state index contributed by atoms with van der Waals surface area (Å²) in [6.07, 6.45) is -0.854. The van der Waals surface area contributed by atoms with Gasteiger partial charge >= 0.3 is 5.97 Å². The van der Waals surface area contributed by atoms with Crippen molar-refractivity contribution in [3.63, 3.8) is 0 Å². The summed E-state index contributed by atoms with van der Waals surface area (Å²) in [5, 5.41) is 3.39. The zero-order chi connectivity index (χ0) is 21.9. The highest BCUT2D eigenvalue weighted by molar-refractivity contribution is 9.08. The van der Waals surface area contributed by atoms with E-state index in [-0.39, 0.29) is 12.6 Å². The Balaban J connectivity index is 2.38. The number of esters is 1. The van der Waals surface area contributed by atoms with Crippen molar-refractivity contribution in [2.24, 2.45) is 0 Å². The second-order valence-corrected chi connectivity index (χ2v) is 9.05. The van der Waals surface area contributed by atoms with Crippen molar-refractivity contribution < 1.29 is 14.3 Å². The van der Waals surface area contributed by atoms with Crippen molar-refractivity contribution >= 4 is 44.3 Å². The first kappa shape index (κ1) is 22.8. The van der Waals surface area contributed by atoms with Gasteiger partial charge in [-0.2, -0.15) is 0 Å². The molecule has 0 radical (unpaired) electrons. The maximum atomic E-state index is 13.1. The number of ether oxygens (including phenoxy) is 2. The second kappa shape index (κ2) is 9.51. The van der Waals surface area contributed by atoms with Crippen molar-refractivity contribution in [3.8, 4) is 11.1 Å². The van der Waals surface area contributed by atoms with E-state index in [0.717, 1.165) is 33.0 Å². The molecule has 3 aromatic rings. The predicted octanol–water partition coefficient (Wildman–Crippen LogP) is 7.47. The molecule has 0 aliphatic rings. The van der Waals surface area contributed by atoms with E-state index in [0.29, 0.717) is 10.4 Å². The third-order valence-corrected chi connectivity index (χ3v) is 5.54. The monoisotopic (exact) mass is 488 g/mol. The van der Waals surface area contributed by atoms with Gasteiger partial charge in [-0.05, 0) is 73.4 Å². The summed E-state index contributed by atoms with van der Waals surface area (Å²) >= 11 is 9.77. The maximum Gasteiger partial charge on any atom is 0.339 e. The minimum Gasteiger partial charge on any atom is -0.464 e. The molecule has 0 aliphatic carbocycles. The van der Waals surface area contributed by atoms with Crippen LogP contribution >= 0.6 is 27.5 Å². The van der Waals surface area contributed by atoms with Gasteiger partial charge < -0.3 is 9.47 Å². The Bertz CT molecular complexity index is 1040. The highest BCUT2D eigenvalue weighted by atomic mass is 79.9. The summed E-state index contributed by atoms with van der Waals surface area (Å²) in [5.74, 6) is -0.389. The number of rotatable bonds is 6. The summed E-state index contributed by atoms with van der Waals surface area (Å²) in [6, 6.07) is 18.0. The molecule has 0 aliphatic heterocycles. The predicted molar refractivity (Wildman–Crippen MR) is 127 cm³/mol. The lowest BCUT2D eigenvalue weighted by Gasteiger charge is -2.30. The van der Waals surface area contributed by atoms with Crippen molar-refractivity contribution in [2.45, 2.75) is 44.7 Å². The Labute approximate surface area is 191 Å². The molecule has 0 unspecified atom stereocenters. The lowest BCUT2D eigenvalue weighted by atomic mass is 9.87. The standard InChI is InChI=1S/C25H26BrClO3/c1-5-29-24(28)23(30-25(2,3)4)22-18(15-26)14-17-8-6-7-9-20(17)21(22)16-10-12-19(27)13-11-16/h6-14,23H,5,15H2,1-4H3/t23-/m0/s1. The van der Waals surface area contributed by atoms with Crippen molar-refractivity contribution in [1.82, 2.24) is 0 Å². The number of carbonyl (C=O) groups excluding carboxylic acids is 1. The summed E-state index contributed by atoms with van der Waals surface area (Å²) in [6.45, 7) is 7.91. The van der Waals surface area contributed by atoms with Crippen LogP contribution < -0.4 is 0 Å². The Morgan fingerprint density at radius 2 is 1.77 bits per heavy atom. The molecule has 3 rings (SSSR count). The third-order valence-electron chi connectivity index (χ3n) is 4.69. The highest BCUT2D eigenvalue weighted by Crippen LogP contribution is 2.41. The topological polar surface area (TPSA) is 35.5 Å². The molecule has 0 heterocycles. The van der Waals surface area contributed by atoms with E-state index in [4.69, 9.17) is 21.1 Å². The molecule has 0 saturated heterocycles. The molecule has 0 fully saturated rings. The van der Waals surface area contributed by atoms with Crippen molar-refractivity contribution in [1.29, 1.82) is 0 Å². The first-order valence-electron chi connectivity index (χ1n) is 9.96. The lowest BCUT2D eigenvalue weighted by Crippen LogP contribution is -2.29. The second-order valence-electron chi connectivity index (χ2n) is 8.05. The Morgan fingerprint density at radius 3 is 2.37 bits per heavy atom. The molecule has 30 heavy (non-hydrogen) atoms. The van der Waals surface area contributed by atoms with E-state index < -0.39 is 11.7 Å². The van der Waals surface area contributed by atoms with E-state index in [1.807, 2.05) is 57.2 Å². The van der Waals surface area contributed by atoms with Gasteiger partial charge in [-0.1, -0.05) is 63.9 Å². The highest BCUT2D eigenvalue weighted by Gasteiger charge is 2.33. The van der Waals surface area contributed by atoms with Crippen LogP contribution in [0.2, 0.25) is 5.02 Å². The number of benzene rings is 3. The molecule has 0 amide bonds. The lowest BCUT2D eigenvalue weighted by molar-refractivity contribution is -0.166. The van der Waals surface area contributed by atoms with Crippen LogP contribution in [0.4, 0.5) is 0 Å². The smallest absolute Gasteiger partial charge is 0.339 e. The number of carbonyl (C=O) groups is 1. The molecule has 0 spiro atoms. The minimum atomic E-state index is -0.854. The van der Waals surface area contributed by atoms with Crippen LogP contribution in [-0.4, -0.2) is 18.2 Å². The number of fused-ring (bicyclic) bond motifs is 1. The van der Waals surface area contributed by atoms with Crippen molar-refractivity contribution in [3.05, 3.63) is 70.7 Å². The van der Waals surface area contributed by atoms with Gasteiger partial charge in [-0.25, -0.2) is 4.79 Å². The molecule has 1 atom stereocenters. The summed E-state index contributed by atoms with van der Waals surface area (Å²) < 4.78 is 11.7. The van der Waals surface area contributed by atoms with Gasteiger partial charge in [0.2, 0.25) is 0 Å². The zero-order valence-corrected chi connectivity index (χ0v) is 20.0. The van der Waals surface area contributed by atoms with E-state index >= 15 is 0 Å². The van der Waals surface area contributed by atoms with Gasteiger partial charge in [0.25, 0.3) is 0 Å². The fourth-order valence-electron chi connectivity index (χ4n) is 3.56. The van der Waals surface area contributed by atoms with Crippen LogP contribution in [0.1, 0.15) is 44.9 Å². The number of hydrogen-bond acceptors (Lipinski definition) is 3. The molecule has 0 N–H and O–H groups in total. The van der Waals surface area contributed by atoms with Gasteiger partial charge in [-0.3, -0.25) is 0 Å². The fourth-order valence-corrected chi connectivity index (χ4v) is 4.15. The van der Waals surface area contributed by atoms with E-state index in [1.165, 1.54) is 0 Å². The summed E-state index contributed by atoms with van der Waals surface area (Å²) in [4.78, 5) is 13.1. The maximum absolute atomic E-state index is 13.1. The number of alkyl halides is 1. The molecule has 3 nitrogen and oxygen atoms in total. The van der Waals surface area contributed by atoms with E-state index in [9.17, 15) is 4.79 Å². The van der Waals surface area contributed by atoms with Gasteiger partial charge in [0.15, 0.2) is 6.10 Å². The molecule has 0 saturated carbocycles. The first-order chi connectivity index (χ1) is 14.2. The summed E-state index contributed by atoms with van der Waals surface area (Å²) in [7, 11) is 0. The van der Waals surface area contributed by atoms with Crippen LogP contribution in [0.15, 0.2) is 54.6 Å².